The van der Waals surface area contributed by atoms with Gasteiger partial charge in [0.2, 0.25) is 0 Å². The first-order valence-electron chi connectivity index (χ1n) is 5.79. The predicted molar refractivity (Wildman–Crippen MR) is 78.7 cm³/mol. The SMILES string of the molecule is CC(C)N(CCCBr)C(=O)c1ccc(Br)c(F)c1. The van der Waals surface area contributed by atoms with Gasteiger partial charge in [0.05, 0.1) is 4.47 Å². The van der Waals surface area contributed by atoms with E-state index in [1.807, 2.05) is 13.8 Å². The molecule has 0 saturated heterocycles. The van der Waals surface area contributed by atoms with E-state index in [9.17, 15) is 9.18 Å². The first kappa shape index (κ1) is 15.6. The van der Waals surface area contributed by atoms with Crippen molar-refractivity contribution in [2.45, 2.75) is 26.3 Å². The van der Waals surface area contributed by atoms with E-state index in [2.05, 4.69) is 31.9 Å². The number of nitrogens with zero attached hydrogens (tertiary/aromatic N) is 1. The molecule has 0 spiro atoms. The fourth-order valence-electron chi connectivity index (χ4n) is 1.62. The van der Waals surface area contributed by atoms with Crippen LogP contribution in [0.3, 0.4) is 0 Å². The van der Waals surface area contributed by atoms with Crippen LogP contribution in [-0.2, 0) is 0 Å². The van der Waals surface area contributed by atoms with Crippen molar-refractivity contribution >= 4 is 37.8 Å². The normalized spacial score (nSPS) is 10.8. The molecule has 0 aliphatic heterocycles. The van der Waals surface area contributed by atoms with Gasteiger partial charge in [-0.1, -0.05) is 15.9 Å². The third-order valence-electron chi connectivity index (χ3n) is 2.58. The summed E-state index contributed by atoms with van der Waals surface area (Å²) in [7, 11) is 0. The van der Waals surface area contributed by atoms with Crippen LogP contribution >= 0.6 is 31.9 Å². The molecule has 1 rings (SSSR count). The van der Waals surface area contributed by atoms with E-state index in [0.29, 0.717) is 16.6 Å². The lowest BCUT2D eigenvalue weighted by atomic mass is 10.1. The van der Waals surface area contributed by atoms with Gasteiger partial charge in [0.1, 0.15) is 5.82 Å². The Bertz CT molecular complexity index is 423. The van der Waals surface area contributed by atoms with Crippen LogP contribution in [0, 0.1) is 5.82 Å². The van der Waals surface area contributed by atoms with Gasteiger partial charge in [-0.3, -0.25) is 4.79 Å². The number of hydrogen-bond acceptors (Lipinski definition) is 1. The summed E-state index contributed by atoms with van der Waals surface area (Å²) in [6, 6.07) is 4.57. The zero-order chi connectivity index (χ0) is 13.7. The molecule has 0 saturated carbocycles. The van der Waals surface area contributed by atoms with Crippen LogP contribution in [0.5, 0.6) is 0 Å². The Hall–Kier alpha value is -0.420. The molecule has 5 heteroatoms. The number of carbonyl (C=O) groups excluding carboxylic acids is 1. The van der Waals surface area contributed by atoms with E-state index >= 15 is 0 Å². The molecule has 1 aromatic carbocycles. The fourth-order valence-corrected chi connectivity index (χ4v) is 2.12. The number of halogens is 3. The van der Waals surface area contributed by atoms with Gasteiger partial charge < -0.3 is 4.90 Å². The van der Waals surface area contributed by atoms with E-state index in [0.717, 1.165) is 11.8 Å². The second-order valence-corrected chi connectivity index (χ2v) is 5.91. The monoisotopic (exact) mass is 379 g/mol. The Kier molecular flexibility index (Phi) is 6.29. The van der Waals surface area contributed by atoms with Gasteiger partial charge in [-0.15, -0.1) is 0 Å². The Morgan fingerprint density at radius 1 is 1.44 bits per heavy atom. The van der Waals surface area contributed by atoms with Crippen LogP contribution in [0.1, 0.15) is 30.6 Å². The highest BCUT2D eigenvalue weighted by Gasteiger charge is 2.19. The summed E-state index contributed by atoms with van der Waals surface area (Å²) in [4.78, 5) is 14.0. The molecule has 1 aromatic rings. The van der Waals surface area contributed by atoms with Crippen molar-refractivity contribution in [2.75, 3.05) is 11.9 Å². The van der Waals surface area contributed by atoms with Crippen LogP contribution in [0.25, 0.3) is 0 Å². The Morgan fingerprint density at radius 3 is 2.61 bits per heavy atom. The van der Waals surface area contributed by atoms with Crippen LogP contribution in [0.4, 0.5) is 4.39 Å². The number of rotatable bonds is 5. The largest absolute Gasteiger partial charge is 0.336 e. The second-order valence-electron chi connectivity index (χ2n) is 4.26. The molecule has 0 heterocycles. The standard InChI is InChI=1S/C13H16Br2FNO/c1-9(2)17(7-3-6-14)13(18)10-4-5-11(15)12(16)8-10/h4-5,8-9H,3,6-7H2,1-2H3. The Balaban J connectivity index is 2.91. The number of amides is 1. The average molecular weight is 381 g/mol. The van der Waals surface area contributed by atoms with Crippen LogP contribution < -0.4 is 0 Å². The smallest absolute Gasteiger partial charge is 0.254 e. The maximum Gasteiger partial charge on any atom is 0.254 e. The third-order valence-corrected chi connectivity index (χ3v) is 3.79. The van der Waals surface area contributed by atoms with Gasteiger partial charge in [-0.05, 0) is 54.4 Å². The number of benzene rings is 1. The van der Waals surface area contributed by atoms with Crippen LogP contribution in [-0.4, -0.2) is 28.7 Å². The molecule has 100 valence electrons. The summed E-state index contributed by atoms with van der Waals surface area (Å²) in [6.45, 7) is 4.59. The topological polar surface area (TPSA) is 20.3 Å². The average Bonchev–Trinajstić information content (AvgIpc) is 2.32. The third kappa shape index (κ3) is 4.05. The Labute approximate surface area is 124 Å². The van der Waals surface area contributed by atoms with Crippen molar-refractivity contribution < 1.29 is 9.18 Å². The van der Waals surface area contributed by atoms with Crippen LogP contribution in [0.2, 0.25) is 0 Å². The molecule has 0 bridgehead atoms. The van der Waals surface area contributed by atoms with Crippen LogP contribution in [0.15, 0.2) is 22.7 Å². The Morgan fingerprint density at radius 2 is 2.11 bits per heavy atom. The highest BCUT2D eigenvalue weighted by atomic mass is 79.9. The lowest BCUT2D eigenvalue weighted by molar-refractivity contribution is 0.0706. The summed E-state index contributed by atoms with van der Waals surface area (Å²) >= 11 is 6.43. The molecule has 0 atom stereocenters. The van der Waals surface area contributed by atoms with Crippen molar-refractivity contribution in [3.05, 3.63) is 34.1 Å². The minimum Gasteiger partial charge on any atom is -0.336 e. The highest BCUT2D eigenvalue weighted by molar-refractivity contribution is 9.10. The first-order valence-corrected chi connectivity index (χ1v) is 7.70. The first-order chi connectivity index (χ1) is 8.47. The molecule has 0 unspecified atom stereocenters. The van der Waals surface area contributed by atoms with E-state index in [-0.39, 0.29) is 11.9 Å². The molecule has 0 radical (unpaired) electrons. The molecule has 0 fully saturated rings. The number of hydrogen-bond donors (Lipinski definition) is 0. The minimum absolute atomic E-state index is 0.100. The van der Waals surface area contributed by atoms with Crippen molar-refractivity contribution in [1.82, 2.24) is 4.90 Å². The molecular weight excluding hydrogens is 365 g/mol. The molecule has 0 N–H and O–H groups in total. The zero-order valence-electron chi connectivity index (χ0n) is 10.4. The molecule has 0 aromatic heterocycles. The molecular formula is C13H16Br2FNO. The van der Waals surface area contributed by atoms with Gasteiger partial charge in [0.15, 0.2) is 0 Å². The second kappa shape index (κ2) is 7.24. The van der Waals surface area contributed by atoms with Gasteiger partial charge in [0, 0.05) is 23.5 Å². The van der Waals surface area contributed by atoms with Gasteiger partial charge in [-0.2, -0.15) is 0 Å². The quantitative estimate of drug-likeness (QED) is 0.700. The molecule has 0 aliphatic carbocycles. The van der Waals surface area contributed by atoms with E-state index in [1.165, 1.54) is 6.07 Å². The van der Waals surface area contributed by atoms with Gasteiger partial charge >= 0.3 is 0 Å². The van der Waals surface area contributed by atoms with E-state index < -0.39 is 5.82 Å². The molecule has 2 nitrogen and oxygen atoms in total. The predicted octanol–water partition coefficient (Wildman–Crippen LogP) is 4.22. The van der Waals surface area contributed by atoms with E-state index in [1.54, 1.807) is 17.0 Å². The lowest BCUT2D eigenvalue weighted by Gasteiger charge is -2.26. The maximum atomic E-state index is 13.4. The maximum absolute atomic E-state index is 13.4. The van der Waals surface area contributed by atoms with Crippen molar-refractivity contribution in [2.24, 2.45) is 0 Å². The van der Waals surface area contributed by atoms with Gasteiger partial charge in [0.25, 0.3) is 5.91 Å². The minimum atomic E-state index is -0.412. The summed E-state index contributed by atoms with van der Waals surface area (Å²) in [5.74, 6) is -0.539. The molecule has 1 amide bonds. The molecule has 0 aliphatic rings. The van der Waals surface area contributed by atoms with Crippen molar-refractivity contribution in [1.29, 1.82) is 0 Å². The van der Waals surface area contributed by atoms with Crippen molar-refractivity contribution in [3.8, 4) is 0 Å². The summed E-state index contributed by atoms with van der Waals surface area (Å²) in [5, 5.41) is 0.845. The molecule has 18 heavy (non-hydrogen) atoms. The number of carbonyl (C=O) groups is 1. The summed E-state index contributed by atoms with van der Waals surface area (Å²) < 4.78 is 13.8. The van der Waals surface area contributed by atoms with Crippen molar-refractivity contribution in [3.63, 3.8) is 0 Å². The lowest BCUT2D eigenvalue weighted by Crippen LogP contribution is -2.37. The summed E-state index contributed by atoms with van der Waals surface area (Å²) in [6.07, 6.45) is 0.878. The van der Waals surface area contributed by atoms with E-state index in [4.69, 9.17) is 0 Å². The summed E-state index contributed by atoms with van der Waals surface area (Å²) in [5.41, 5.74) is 0.388. The van der Waals surface area contributed by atoms with Gasteiger partial charge in [-0.25, -0.2) is 4.39 Å². The number of alkyl halides is 1. The highest BCUT2D eigenvalue weighted by Crippen LogP contribution is 2.18. The fraction of sp³-hybridized carbons (Fsp3) is 0.462. The zero-order valence-corrected chi connectivity index (χ0v) is 13.6.